The van der Waals surface area contributed by atoms with Crippen molar-refractivity contribution >= 4 is 21.7 Å². The molecule has 1 aromatic heterocycles. The number of anilines is 1. The number of nitrogens with two attached hydrogens (primary N) is 1. The Labute approximate surface area is 145 Å². The third kappa shape index (κ3) is 2.25. The minimum absolute atomic E-state index is 0.140. The highest BCUT2D eigenvalue weighted by Gasteiger charge is 2.33. The summed E-state index contributed by atoms with van der Waals surface area (Å²) in [4.78, 5) is 24.9. The average molecular weight is 388 g/mol. The molecule has 0 fully saturated rings. The number of nitrogens with one attached hydrogen (secondary N) is 1. The van der Waals surface area contributed by atoms with Gasteiger partial charge < -0.3 is 11.1 Å². The molecule has 24 heavy (non-hydrogen) atoms. The molecule has 7 nitrogen and oxygen atoms in total. The second-order valence-electron chi connectivity index (χ2n) is 5.52. The lowest BCUT2D eigenvalue weighted by Gasteiger charge is -2.28. The number of nitriles is 1. The van der Waals surface area contributed by atoms with Crippen molar-refractivity contribution in [2.45, 2.75) is 5.92 Å². The zero-order valence-corrected chi connectivity index (χ0v) is 14.6. The first kappa shape index (κ1) is 16.1. The quantitative estimate of drug-likeness (QED) is 0.761. The van der Waals surface area contributed by atoms with Gasteiger partial charge in [-0.3, -0.25) is 13.9 Å². The summed E-state index contributed by atoms with van der Waals surface area (Å²) >= 11 is 3.37. The van der Waals surface area contributed by atoms with Gasteiger partial charge in [0, 0.05) is 18.6 Å². The molecule has 8 heteroatoms. The lowest BCUT2D eigenvalue weighted by molar-refractivity contribution is 0.664. The molecule has 0 saturated carbocycles. The maximum atomic E-state index is 12.7. The third-order valence-corrected chi connectivity index (χ3v) is 4.67. The van der Waals surface area contributed by atoms with Crippen LogP contribution in [0.1, 0.15) is 17.0 Å². The fourth-order valence-electron chi connectivity index (χ4n) is 2.89. The first-order valence-corrected chi connectivity index (χ1v) is 7.88. The number of hydrogen-bond acceptors (Lipinski definition) is 5. The van der Waals surface area contributed by atoms with Crippen LogP contribution in [0.5, 0.6) is 0 Å². The minimum atomic E-state index is -0.634. The van der Waals surface area contributed by atoms with Crippen molar-refractivity contribution in [2.24, 2.45) is 19.8 Å². The topological polar surface area (TPSA) is 106 Å². The Morgan fingerprint density at radius 3 is 2.42 bits per heavy atom. The molecule has 1 aliphatic rings. The van der Waals surface area contributed by atoms with Gasteiger partial charge in [0.25, 0.3) is 5.56 Å². The van der Waals surface area contributed by atoms with Crippen molar-refractivity contribution in [1.82, 2.24) is 9.13 Å². The molecule has 0 spiro atoms. The average Bonchev–Trinajstić information content (AvgIpc) is 2.57. The smallest absolute Gasteiger partial charge is 0.332 e. The molecule has 0 radical (unpaired) electrons. The summed E-state index contributed by atoms with van der Waals surface area (Å²) < 4.78 is 3.23. The monoisotopic (exact) mass is 387 g/mol. The van der Waals surface area contributed by atoms with Crippen LogP contribution >= 0.6 is 15.9 Å². The third-order valence-electron chi connectivity index (χ3n) is 4.14. The van der Waals surface area contributed by atoms with Crippen LogP contribution in [0.4, 0.5) is 5.82 Å². The van der Waals surface area contributed by atoms with Crippen molar-refractivity contribution in [2.75, 3.05) is 5.32 Å². The predicted octanol–water partition coefficient (Wildman–Crippen LogP) is 1.10. The molecular weight excluding hydrogens is 374 g/mol. The van der Waals surface area contributed by atoms with E-state index in [0.717, 1.165) is 14.6 Å². The Morgan fingerprint density at radius 2 is 1.83 bits per heavy atom. The highest BCUT2D eigenvalue weighted by atomic mass is 79.9. The van der Waals surface area contributed by atoms with Crippen LogP contribution in [0.15, 0.2) is 49.7 Å². The van der Waals surface area contributed by atoms with Gasteiger partial charge in [0.2, 0.25) is 0 Å². The van der Waals surface area contributed by atoms with Crippen LogP contribution in [-0.4, -0.2) is 9.13 Å². The van der Waals surface area contributed by atoms with Gasteiger partial charge in [0.05, 0.1) is 23.1 Å². The maximum absolute atomic E-state index is 12.7. The van der Waals surface area contributed by atoms with Crippen molar-refractivity contribution in [1.29, 1.82) is 5.26 Å². The molecular formula is C16H14BrN5O2. The zero-order valence-electron chi connectivity index (χ0n) is 13.0. The molecule has 1 aromatic carbocycles. The molecule has 0 amide bonds. The fraction of sp³-hybridized carbons (Fsp3) is 0.188. The summed E-state index contributed by atoms with van der Waals surface area (Å²) in [5.41, 5.74) is 6.39. The molecule has 3 N–H and O–H groups in total. The number of aromatic nitrogens is 2. The van der Waals surface area contributed by atoms with Gasteiger partial charge in [-0.25, -0.2) is 4.79 Å². The van der Waals surface area contributed by atoms with Crippen molar-refractivity contribution in [3.8, 4) is 6.07 Å². The Balaban J connectivity index is 2.41. The van der Waals surface area contributed by atoms with Crippen LogP contribution in [0, 0.1) is 11.3 Å². The van der Waals surface area contributed by atoms with E-state index in [-0.39, 0.29) is 11.4 Å². The number of rotatable bonds is 1. The summed E-state index contributed by atoms with van der Waals surface area (Å²) in [6.07, 6.45) is 0. The molecule has 2 heterocycles. The second-order valence-corrected chi connectivity index (χ2v) is 6.43. The molecule has 0 saturated heterocycles. The molecule has 0 unspecified atom stereocenters. The molecule has 2 aromatic rings. The number of hydrogen-bond donors (Lipinski definition) is 2. The normalized spacial score (nSPS) is 16.3. The van der Waals surface area contributed by atoms with Gasteiger partial charge in [-0.1, -0.05) is 28.1 Å². The van der Waals surface area contributed by atoms with E-state index in [4.69, 9.17) is 5.73 Å². The van der Waals surface area contributed by atoms with E-state index < -0.39 is 17.2 Å². The van der Waals surface area contributed by atoms with E-state index in [9.17, 15) is 14.9 Å². The van der Waals surface area contributed by atoms with E-state index >= 15 is 0 Å². The highest BCUT2D eigenvalue weighted by molar-refractivity contribution is 9.10. The zero-order chi connectivity index (χ0) is 17.6. The number of benzene rings is 1. The molecule has 0 bridgehead atoms. The SMILES string of the molecule is Cn1c2c(c(=O)n(C)c1=O)[C@@H](c1ccc(Br)cc1)C(C#N)=C(N)N2. The van der Waals surface area contributed by atoms with Crippen LogP contribution in [0.3, 0.4) is 0 Å². The molecule has 3 rings (SSSR count). The Kier molecular flexibility index (Phi) is 3.81. The molecule has 122 valence electrons. The summed E-state index contributed by atoms with van der Waals surface area (Å²) in [6, 6.07) is 9.38. The first-order valence-electron chi connectivity index (χ1n) is 7.09. The van der Waals surface area contributed by atoms with E-state index in [1.807, 2.05) is 24.3 Å². The largest absolute Gasteiger partial charge is 0.384 e. The predicted molar refractivity (Wildman–Crippen MR) is 93.4 cm³/mol. The number of nitrogens with zero attached hydrogens (tertiary/aromatic N) is 3. The lowest BCUT2D eigenvalue weighted by atomic mass is 9.84. The first-order chi connectivity index (χ1) is 11.4. The summed E-state index contributed by atoms with van der Waals surface area (Å²) in [7, 11) is 2.97. The van der Waals surface area contributed by atoms with Gasteiger partial charge in [-0.2, -0.15) is 5.26 Å². The van der Waals surface area contributed by atoms with Gasteiger partial charge in [-0.15, -0.1) is 0 Å². The molecule has 1 aliphatic heterocycles. The minimum Gasteiger partial charge on any atom is -0.384 e. The summed E-state index contributed by atoms with van der Waals surface area (Å²) in [5.74, 6) is -0.182. The Bertz CT molecular complexity index is 1020. The highest BCUT2D eigenvalue weighted by Crippen LogP contribution is 2.38. The summed E-state index contributed by atoms with van der Waals surface area (Å²) in [6.45, 7) is 0. The number of fused-ring (bicyclic) bond motifs is 1. The standard InChI is InChI=1S/C16H14BrN5O2/c1-21-14-12(15(23)22(2)16(21)24)11(10(7-18)13(19)20-14)8-3-5-9(17)6-4-8/h3-6,11,20H,19H2,1-2H3/t11-/m0/s1. The van der Waals surface area contributed by atoms with Crippen LogP contribution in [-0.2, 0) is 14.1 Å². The summed E-state index contributed by atoms with van der Waals surface area (Å²) in [5, 5.41) is 12.4. The number of halogens is 1. The maximum Gasteiger partial charge on any atom is 0.332 e. The fourth-order valence-corrected chi connectivity index (χ4v) is 3.15. The number of allylic oxidation sites excluding steroid dienone is 1. The van der Waals surface area contributed by atoms with Crippen LogP contribution in [0.2, 0.25) is 0 Å². The van der Waals surface area contributed by atoms with Crippen molar-refractivity contribution in [3.63, 3.8) is 0 Å². The Morgan fingerprint density at radius 1 is 1.21 bits per heavy atom. The van der Waals surface area contributed by atoms with E-state index in [2.05, 4.69) is 27.3 Å². The van der Waals surface area contributed by atoms with E-state index in [1.54, 1.807) is 7.05 Å². The van der Waals surface area contributed by atoms with Crippen molar-refractivity contribution in [3.05, 3.63) is 72.1 Å². The van der Waals surface area contributed by atoms with E-state index in [0.29, 0.717) is 11.4 Å². The van der Waals surface area contributed by atoms with Gasteiger partial charge >= 0.3 is 5.69 Å². The second kappa shape index (κ2) is 5.69. The molecule has 1 atom stereocenters. The Hall–Kier alpha value is -2.79. The van der Waals surface area contributed by atoms with Gasteiger partial charge in [0.15, 0.2) is 0 Å². The van der Waals surface area contributed by atoms with E-state index in [1.165, 1.54) is 11.6 Å². The van der Waals surface area contributed by atoms with Crippen molar-refractivity contribution < 1.29 is 0 Å². The molecule has 0 aliphatic carbocycles. The van der Waals surface area contributed by atoms with Crippen LogP contribution < -0.4 is 22.3 Å². The van der Waals surface area contributed by atoms with Crippen LogP contribution in [0.25, 0.3) is 0 Å². The lowest BCUT2D eigenvalue weighted by Crippen LogP contribution is -2.43. The van der Waals surface area contributed by atoms with Gasteiger partial charge in [0.1, 0.15) is 11.6 Å². The van der Waals surface area contributed by atoms with Gasteiger partial charge in [-0.05, 0) is 17.7 Å².